The standard InChI is InChI=1S/C26H50N4/c1-4-7-9-11-13-14-15-17-18-21-27-25-23-24(20-6-3)29-26(30-25)28-22-19-16-12-10-8-5-2/h23H,4-22H2,1-3H3,(H2,27,28,29,30). The van der Waals surface area contributed by atoms with Gasteiger partial charge in [-0.1, -0.05) is 111 Å². The first-order valence-electron chi connectivity index (χ1n) is 13.2. The summed E-state index contributed by atoms with van der Waals surface area (Å²) in [6, 6.07) is 2.13. The molecule has 1 aromatic rings. The largest absolute Gasteiger partial charge is 0.370 e. The van der Waals surface area contributed by atoms with Crippen LogP contribution in [0.1, 0.15) is 129 Å². The van der Waals surface area contributed by atoms with E-state index >= 15 is 0 Å². The average molecular weight is 419 g/mol. The lowest BCUT2D eigenvalue weighted by Crippen LogP contribution is -2.10. The van der Waals surface area contributed by atoms with E-state index in [4.69, 9.17) is 9.97 Å². The molecule has 0 aliphatic carbocycles. The molecule has 0 spiro atoms. The minimum atomic E-state index is 0.795. The van der Waals surface area contributed by atoms with Crippen LogP contribution in [0.2, 0.25) is 0 Å². The van der Waals surface area contributed by atoms with E-state index in [1.54, 1.807) is 0 Å². The summed E-state index contributed by atoms with van der Waals surface area (Å²) in [5.41, 5.74) is 1.15. The normalized spacial score (nSPS) is 11.0. The van der Waals surface area contributed by atoms with Crippen molar-refractivity contribution >= 4 is 11.8 Å². The molecule has 0 atom stereocenters. The summed E-state index contributed by atoms with van der Waals surface area (Å²) < 4.78 is 0. The summed E-state index contributed by atoms with van der Waals surface area (Å²) in [5, 5.41) is 6.99. The Kier molecular flexibility index (Phi) is 17.5. The van der Waals surface area contributed by atoms with E-state index in [9.17, 15) is 0 Å². The van der Waals surface area contributed by atoms with Crippen molar-refractivity contribution in [3.05, 3.63) is 11.8 Å². The zero-order valence-electron chi connectivity index (χ0n) is 20.4. The quantitative estimate of drug-likeness (QED) is 0.198. The summed E-state index contributed by atoms with van der Waals surface area (Å²) >= 11 is 0. The number of rotatable bonds is 21. The van der Waals surface area contributed by atoms with Crippen molar-refractivity contribution < 1.29 is 0 Å². The first-order chi connectivity index (χ1) is 14.8. The Bertz CT molecular complexity index is 504. The van der Waals surface area contributed by atoms with Crippen molar-refractivity contribution in [2.24, 2.45) is 0 Å². The number of nitrogens with zero attached hydrogens (tertiary/aromatic N) is 2. The SMILES string of the molecule is CCCCCCCCCCCNc1cc(CCC)nc(NCCCCCCCC)n1. The summed E-state index contributed by atoms with van der Waals surface area (Å²) in [5.74, 6) is 1.78. The number of nitrogens with one attached hydrogen (secondary N) is 2. The number of aromatic nitrogens is 2. The second-order valence-corrected chi connectivity index (χ2v) is 8.77. The van der Waals surface area contributed by atoms with Crippen molar-refractivity contribution in [1.29, 1.82) is 0 Å². The second kappa shape index (κ2) is 19.6. The van der Waals surface area contributed by atoms with Crippen LogP contribution in [0.3, 0.4) is 0 Å². The summed E-state index contributed by atoms with van der Waals surface area (Å²) in [6.07, 6.45) is 22.3. The monoisotopic (exact) mass is 418 g/mol. The van der Waals surface area contributed by atoms with E-state index in [0.29, 0.717) is 0 Å². The minimum absolute atomic E-state index is 0.795. The van der Waals surface area contributed by atoms with Crippen LogP contribution in [0.4, 0.5) is 11.8 Å². The average Bonchev–Trinajstić information content (AvgIpc) is 2.74. The Morgan fingerprint density at radius 2 is 1.07 bits per heavy atom. The molecular weight excluding hydrogens is 368 g/mol. The molecule has 4 nitrogen and oxygen atoms in total. The highest BCUT2D eigenvalue weighted by atomic mass is 15.1. The molecule has 0 bridgehead atoms. The third-order valence-electron chi connectivity index (χ3n) is 5.69. The van der Waals surface area contributed by atoms with E-state index in [1.807, 2.05) is 0 Å². The summed E-state index contributed by atoms with van der Waals surface area (Å²) in [4.78, 5) is 9.41. The van der Waals surface area contributed by atoms with Crippen LogP contribution in [0.5, 0.6) is 0 Å². The molecular formula is C26H50N4. The van der Waals surface area contributed by atoms with Gasteiger partial charge in [-0.3, -0.25) is 0 Å². The van der Waals surface area contributed by atoms with Gasteiger partial charge in [-0.15, -0.1) is 0 Å². The Hall–Kier alpha value is -1.32. The molecule has 0 saturated heterocycles. The van der Waals surface area contributed by atoms with Crippen LogP contribution >= 0.6 is 0 Å². The molecule has 1 aromatic heterocycles. The zero-order chi connectivity index (χ0) is 21.7. The molecule has 0 amide bonds. The molecule has 0 aliphatic heterocycles. The van der Waals surface area contributed by atoms with Crippen molar-refractivity contribution in [2.75, 3.05) is 23.7 Å². The summed E-state index contributed by atoms with van der Waals surface area (Å²) in [7, 11) is 0. The van der Waals surface area contributed by atoms with Gasteiger partial charge in [0.25, 0.3) is 0 Å². The fourth-order valence-corrected chi connectivity index (χ4v) is 3.81. The fourth-order valence-electron chi connectivity index (χ4n) is 3.81. The zero-order valence-corrected chi connectivity index (χ0v) is 20.4. The summed E-state index contributed by atoms with van der Waals surface area (Å²) in [6.45, 7) is 8.74. The van der Waals surface area contributed by atoms with Gasteiger partial charge in [-0.2, -0.15) is 4.98 Å². The van der Waals surface area contributed by atoms with Gasteiger partial charge in [0.2, 0.25) is 5.95 Å². The van der Waals surface area contributed by atoms with Gasteiger partial charge in [0, 0.05) is 24.8 Å². The van der Waals surface area contributed by atoms with Crippen LogP contribution < -0.4 is 10.6 Å². The molecule has 0 saturated carbocycles. The Balaban J connectivity index is 2.25. The van der Waals surface area contributed by atoms with E-state index in [-0.39, 0.29) is 0 Å². The Morgan fingerprint density at radius 1 is 0.567 bits per heavy atom. The number of unbranched alkanes of at least 4 members (excludes halogenated alkanes) is 13. The molecule has 0 radical (unpaired) electrons. The minimum Gasteiger partial charge on any atom is -0.370 e. The van der Waals surface area contributed by atoms with Gasteiger partial charge in [0.15, 0.2) is 0 Å². The molecule has 0 fully saturated rings. The highest BCUT2D eigenvalue weighted by Gasteiger charge is 2.04. The predicted octanol–water partition coefficient (Wildman–Crippen LogP) is 8.14. The lowest BCUT2D eigenvalue weighted by atomic mass is 10.1. The highest BCUT2D eigenvalue weighted by molar-refractivity contribution is 5.42. The second-order valence-electron chi connectivity index (χ2n) is 8.77. The van der Waals surface area contributed by atoms with E-state index in [1.165, 1.54) is 96.3 Å². The maximum absolute atomic E-state index is 4.71. The first kappa shape index (κ1) is 26.7. The third-order valence-corrected chi connectivity index (χ3v) is 5.69. The number of aryl methyl sites for hydroxylation is 1. The number of hydrogen-bond acceptors (Lipinski definition) is 4. The molecule has 30 heavy (non-hydrogen) atoms. The maximum atomic E-state index is 4.71. The van der Waals surface area contributed by atoms with E-state index in [0.717, 1.165) is 43.4 Å². The van der Waals surface area contributed by atoms with Gasteiger partial charge < -0.3 is 10.6 Å². The molecule has 1 heterocycles. The molecule has 0 unspecified atom stereocenters. The highest BCUT2D eigenvalue weighted by Crippen LogP contribution is 2.14. The maximum Gasteiger partial charge on any atom is 0.224 e. The molecule has 174 valence electrons. The molecule has 2 N–H and O–H groups in total. The van der Waals surface area contributed by atoms with E-state index in [2.05, 4.69) is 37.5 Å². The van der Waals surface area contributed by atoms with Gasteiger partial charge in [0.05, 0.1) is 0 Å². The Labute approximate surface area is 187 Å². The van der Waals surface area contributed by atoms with Crippen molar-refractivity contribution in [2.45, 2.75) is 130 Å². The first-order valence-corrected chi connectivity index (χ1v) is 13.2. The van der Waals surface area contributed by atoms with Crippen LogP contribution in [0, 0.1) is 0 Å². The van der Waals surface area contributed by atoms with Crippen LogP contribution in [-0.2, 0) is 6.42 Å². The van der Waals surface area contributed by atoms with E-state index < -0.39 is 0 Å². The third kappa shape index (κ3) is 14.6. The number of hydrogen-bond donors (Lipinski definition) is 2. The molecule has 1 rings (SSSR count). The lowest BCUT2D eigenvalue weighted by molar-refractivity contribution is 0.569. The smallest absolute Gasteiger partial charge is 0.224 e. The number of anilines is 2. The molecule has 4 heteroatoms. The Morgan fingerprint density at radius 3 is 1.60 bits per heavy atom. The topological polar surface area (TPSA) is 49.8 Å². The van der Waals surface area contributed by atoms with Gasteiger partial charge in [-0.25, -0.2) is 4.98 Å². The van der Waals surface area contributed by atoms with Gasteiger partial charge in [-0.05, 0) is 19.3 Å². The van der Waals surface area contributed by atoms with Gasteiger partial charge >= 0.3 is 0 Å². The van der Waals surface area contributed by atoms with Crippen LogP contribution in [0.25, 0.3) is 0 Å². The molecule has 0 aromatic carbocycles. The van der Waals surface area contributed by atoms with Crippen molar-refractivity contribution in [3.8, 4) is 0 Å². The lowest BCUT2D eigenvalue weighted by Gasteiger charge is -2.11. The van der Waals surface area contributed by atoms with Crippen molar-refractivity contribution in [1.82, 2.24) is 9.97 Å². The fraction of sp³-hybridized carbons (Fsp3) is 0.846. The van der Waals surface area contributed by atoms with Gasteiger partial charge in [0.1, 0.15) is 5.82 Å². The van der Waals surface area contributed by atoms with Crippen LogP contribution in [-0.4, -0.2) is 23.1 Å². The molecule has 0 aliphatic rings. The van der Waals surface area contributed by atoms with Crippen molar-refractivity contribution in [3.63, 3.8) is 0 Å². The van der Waals surface area contributed by atoms with Crippen LogP contribution in [0.15, 0.2) is 6.07 Å². The predicted molar refractivity (Wildman–Crippen MR) is 134 cm³/mol.